The van der Waals surface area contributed by atoms with E-state index < -0.39 is 24.1 Å². The fraction of sp³-hybridized carbons (Fsp3) is 0.358. The normalized spacial score (nSPS) is 17.7. The zero-order valence-electron chi connectivity index (χ0n) is 39.4. The van der Waals surface area contributed by atoms with Gasteiger partial charge in [0.2, 0.25) is 17.7 Å². The molecule has 4 atom stereocenters. The fourth-order valence-corrected chi connectivity index (χ4v) is 9.69. The number of carbonyl (C=O) groups excluding carboxylic acids is 4. The van der Waals surface area contributed by atoms with Crippen molar-refractivity contribution >= 4 is 52.1 Å². The van der Waals surface area contributed by atoms with Crippen LogP contribution < -0.4 is 55.3 Å². The number of methoxy groups -OCH3 is 2. The molecule has 4 heterocycles. The van der Waals surface area contributed by atoms with Crippen LogP contribution in [0.25, 0.3) is 0 Å². The van der Waals surface area contributed by atoms with Gasteiger partial charge in [0.05, 0.1) is 44.1 Å². The zero-order valence-corrected chi connectivity index (χ0v) is 39.4. The Morgan fingerprint density at radius 2 is 1.45 bits per heavy atom. The van der Waals surface area contributed by atoms with Gasteiger partial charge in [-0.15, -0.1) is 0 Å². The van der Waals surface area contributed by atoms with Crippen LogP contribution >= 0.6 is 0 Å². The molecular formula is C53H59N7O9. The molecule has 0 fully saturated rings. The molecule has 16 nitrogen and oxygen atoms in total. The third kappa shape index (κ3) is 10.1. The number of nitrogens with one attached hydrogen (secondary N) is 5. The van der Waals surface area contributed by atoms with Crippen molar-refractivity contribution in [3.63, 3.8) is 0 Å². The van der Waals surface area contributed by atoms with Crippen molar-refractivity contribution < 1.29 is 43.2 Å². The maximum atomic E-state index is 14.1. The molecule has 6 N–H and O–H groups in total. The second-order valence-corrected chi connectivity index (χ2v) is 18.0. The number of rotatable bonds is 17. The van der Waals surface area contributed by atoms with Gasteiger partial charge in [-0.3, -0.25) is 19.2 Å². The molecule has 0 spiro atoms. The van der Waals surface area contributed by atoms with Crippen LogP contribution in [0.5, 0.6) is 23.0 Å². The number of benzene rings is 5. The van der Waals surface area contributed by atoms with Crippen molar-refractivity contribution in [2.24, 2.45) is 0 Å². The highest BCUT2D eigenvalue weighted by molar-refractivity contribution is 6.12. The summed E-state index contributed by atoms with van der Waals surface area (Å²) in [4.78, 5) is 56.7. The lowest BCUT2D eigenvalue weighted by atomic mass is 10.1. The summed E-state index contributed by atoms with van der Waals surface area (Å²) in [7, 11) is 3.11. The number of unbranched alkanes of at least 4 members (excludes halogenated alkanes) is 2. The van der Waals surface area contributed by atoms with Gasteiger partial charge >= 0.3 is 0 Å². The molecule has 4 aliphatic rings. The van der Waals surface area contributed by atoms with Crippen LogP contribution in [0.4, 0.5) is 28.4 Å². The average Bonchev–Trinajstić information content (AvgIpc) is 3.84. The summed E-state index contributed by atoms with van der Waals surface area (Å²) < 4.78 is 24.5. The monoisotopic (exact) mass is 937 g/mol. The summed E-state index contributed by atoms with van der Waals surface area (Å²) in [5.74, 6) is 0.442. The molecule has 0 radical (unpaired) electrons. The maximum absolute atomic E-state index is 14.1. The van der Waals surface area contributed by atoms with Crippen LogP contribution in [0, 0.1) is 0 Å². The highest BCUT2D eigenvalue weighted by Crippen LogP contribution is 2.43. The van der Waals surface area contributed by atoms with Gasteiger partial charge in [0.1, 0.15) is 25.5 Å². The first kappa shape index (κ1) is 46.6. The molecule has 360 valence electrons. The number of carbonyl (C=O) groups is 4. The third-order valence-corrected chi connectivity index (χ3v) is 13.2. The Balaban J connectivity index is 0.941. The Bertz CT molecular complexity index is 2760. The number of aliphatic hydroxyl groups excluding tert-OH is 1. The Kier molecular flexibility index (Phi) is 13.8. The van der Waals surface area contributed by atoms with E-state index in [1.807, 2.05) is 53.4 Å². The van der Waals surface area contributed by atoms with E-state index in [4.69, 9.17) is 18.9 Å². The van der Waals surface area contributed by atoms with E-state index in [0.717, 1.165) is 53.9 Å². The minimum absolute atomic E-state index is 0.0386. The number of hydrogen-bond acceptors (Lipinski definition) is 12. The lowest BCUT2D eigenvalue weighted by Gasteiger charge is -2.28. The predicted molar refractivity (Wildman–Crippen MR) is 263 cm³/mol. The lowest BCUT2D eigenvalue weighted by Crippen LogP contribution is -2.45. The van der Waals surface area contributed by atoms with Crippen molar-refractivity contribution in [3.05, 3.63) is 124 Å². The number of anilines is 5. The lowest BCUT2D eigenvalue weighted by molar-refractivity contribution is -0.128. The predicted octanol–water partition coefficient (Wildman–Crippen LogP) is 6.67. The Hall–Kier alpha value is -7.46. The molecule has 0 bridgehead atoms. The standard InChI is InChI=1S/C53H59N7O9/c1-5-6-7-16-49(61)55-27-50(62)56-31(2)51(63)57-37-18-32(29-68-47-24-40-36(22-45(47)66-3)28-59-42-14-10-8-13-35(42)21-44(59)52(64)58-40)17-33(19-37)30-69-48-25-41-39(23-46(48)67-4)53(65)60-38(26-54-41)20-34-12-9-11-15-43(34)60/h8-15,17-19,22-25,31,38,44,52,54,58,64H,5-7,16,20-21,26-30H2,1-4H3,(H,55,61)(H,56,62)(H,57,63)/t31?,38?,44?,52-/m1/s1. The quantitative estimate of drug-likeness (QED) is 0.0544. The van der Waals surface area contributed by atoms with E-state index >= 15 is 0 Å². The first-order valence-corrected chi connectivity index (χ1v) is 23.6. The van der Waals surface area contributed by atoms with E-state index in [1.165, 1.54) is 12.7 Å². The van der Waals surface area contributed by atoms with Crippen molar-refractivity contribution in [1.82, 2.24) is 10.6 Å². The van der Waals surface area contributed by atoms with E-state index in [9.17, 15) is 24.3 Å². The minimum Gasteiger partial charge on any atom is -0.493 e. The zero-order chi connectivity index (χ0) is 48.2. The van der Waals surface area contributed by atoms with Gasteiger partial charge in [0, 0.05) is 54.4 Å². The SMILES string of the molecule is CCCCCC(=O)NCC(=O)NC(C)C(=O)Nc1cc(COc2cc3c(cc2OC)CN2c4ccccc4CC2[C@@H](O)N3)cc(COc2cc3c(cc2OC)C(=O)N2c4ccccc4CC2CN3)c1. The van der Waals surface area contributed by atoms with Crippen molar-refractivity contribution in [2.45, 2.75) is 96.5 Å². The molecule has 69 heavy (non-hydrogen) atoms. The summed E-state index contributed by atoms with van der Waals surface area (Å²) >= 11 is 0. The number of ether oxygens (including phenoxy) is 4. The molecule has 5 aromatic carbocycles. The molecule has 4 aliphatic heterocycles. The maximum Gasteiger partial charge on any atom is 0.260 e. The van der Waals surface area contributed by atoms with Crippen LogP contribution in [0.15, 0.2) is 91.0 Å². The molecule has 16 heteroatoms. The second-order valence-electron chi connectivity index (χ2n) is 18.0. The topological polar surface area (TPSA) is 192 Å². The molecule has 0 saturated carbocycles. The molecule has 4 amide bonds. The van der Waals surface area contributed by atoms with Crippen LogP contribution in [0.2, 0.25) is 0 Å². The Morgan fingerprint density at radius 1 is 0.783 bits per heavy atom. The fourth-order valence-electron chi connectivity index (χ4n) is 9.69. The van der Waals surface area contributed by atoms with Gasteiger partial charge in [-0.1, -0.05) is 56.2 Å². The van der Waals surface area contributed by atoms with Crippen LogP contribution in [-0.4, -0.2) is 80.4 Å². The Labute approximate surface area is 401 Å². The summed E-state index contributed by atoms with van der Waals surface area (Å²) in [5, 5.41) is 26.4. The van der Waals surface area contributed by atoms with Gasteiger partial charge in [0.25, 0.3) is 5.91 Å². The number of hydrogen-bond donors (Lipinski definition) is 6. The van der Waals surface area contributed by atoms with Crippen molar-refractivity contribution in [2.75, 3.05) is 53.1 Å². The molecular weight excluding hydrogens is 879 g/mol. The number of aliphatic hydroxyl groups is 1. The summed E-state index contributed by atoms with van der Waals surface area (Å²) in [6.45, 7) is 4.58. The van der Waals surface area contributed by atoms with Crippen molar-refractivity contribution in [3.8, 4) is 23.0 Å². The molecule has 0 aliphatic carbocycles. The third-order valence-electron chi connectivity index (χ3n) is 13.2. The van der Waals surface area contributed by atoms with Gasteiger partial charge < -0.3 is 60.4 Å². The first-order valence-electron chi connectivity index (χ1n) is 23.6. The molecule has 0 aromatic heterocycles. The van der Waals surface area contributed by atoms with Crippen LogP contribution in [0.3, 0.4) is 0 Å². The molecule has 9 rings (SSSR count). The second kappa shape index (κ2) is 20.4. The van der Waals surface area contributed by atoms with E-state index in [1.54, 1.807) is 38.3 Å². The largest absolute Gasteiger partial charge is 0.493 e. The number of nitrogens with zero attached hydrogens (tertiary/aromatic N) is 2. The molecule has 0 saturated heterocycles. The van der Waals surface area contributed by atoms with Crippen molar-refractivity contribution in [1.29, 1.82) is 0 Å². The summed E-state index contributed by atoms with van der Waals surface area (Å²) in [5.41, 5.74) is 8.88. The first-order chi connectivity index (χ1) is 33.5. The average molecular weight is 938 g/mol. The number of fused-ring (bicyclic) bond motifs is 8. The highest BCUT2D eigenvalue weighted by Gasteiger charge is 2.39. The Morgan fingerprint density at radius 3 is 2.16 bits per heavy atom. The van der Waals surface area contributed by atoms with E-state index in [-0.39, 0.29) is 43.7 Å². The smallest absolute Gasteiger partial charge is 0.260 e. The highest BCUT2D eigenvalue weighted by atomic mass is 16.5. The summed E-state index contributed by atoms with van der Waals surface area (Å²) in [6.07, 6.45) is 3.60. The summed E-state index contributed by atoms with van der Waals surface area (Å²) in [6, 6.07) is 27.7. The molecule has 5 aromatic rings. The van der Waals surface area contributed by atoms with Gasteiger partial charge in [-0.25, -0.2) is 0 Å². The number of amides is 4. The van der Waals surface area contributed by atoms with Crippen LogP contribution in [-0.2, 0) is 47.0 Å². The van der Waals surface area contributed by atoms with Gasteiger partial charge in [-0.2, -0.15) is 0 Å². The number of para-hydroxylation sites is 2. The van der Waals surface area contributed by atoms with Gasteiger partial charge in [-0.05, 0) is 96.5 Å². The molecule has 3 unspecified atom stereocenters. The minimum atomic E-state index is -0.937. The van der Waals surface area contributed by atoms with E-state index in [0.29, 0.717) is 77.0 Å². The van der Waals surface area contributed by atoms with Gasteiger partial charge in [0.15, 0.2) is 23.0 Å². The van der Waals surface area contributed by atoms with Crippen LogP contribution in [0.1, 0.15) is 77.7 Å². The van der Waals surface area contributed by atoms with E-state index in [2.05, 4.69) is 56.6 Å².